The SMILES string of the molecule is C=CC[C@H]1[C@@H]2CC[C@H](CN1c1nc(SCC)nc3c(F)c(Cl)nc(Br)c13)N2C(=O)OC(C)(C)C. The number of nitrogens with zero attached hydrogens (tertiary/aromatic N) is 5. The highest BCUT2D eigenvalue weighted by Gasteiger charge is 2.50. The maximum absolute atomic E-state index is 15.1. The molecular formula is C23H28BrClFN5O2S. The molecular weight excluding hydrogens is 545 g/mol. The molecule has 2 bridgehead atoms. The van der Waals surface area contributed by atoms with Crippen LogP contribution < -0.4 is 4.90 Å². The lowest BCUT2D eigenvalue weighted by molar-refractivity contribution is 0.00766. The van der Waals surface area contributed by atoms with Gasteiger partial charge in [-0.05, 0) is 61.7 Å². The van der Waals surface area contributed by atoms with Gasteiger partial charge < -0.3 is 9.64 Å². The number of rotatable bonds is 5. The lowest BCUT2D eigenvalue weighted by Gasteiger charge is -2.47. The highest BCUT2D eigenvalue weighted by Crippen LogP contribution is 2.42. The van der Waals surface area contributed by atoms with Crippen molar-refractivity contribution in [3.8, 4) is 0 Å². The minimum Gasteiger partial charge on any atom is -0.444 e. The van der Waals surface area contributed by atoms with Crippen LogP contribution in [0.25, 0.3) is 10.9 Å². The number of aromatic nitrogens is 3. The molecule has 0 aliphatic carbocycles. The summed E-state index contributed by atoms with van der Waals surface area (Å²) in [7, 11) is 0. The number of piperazine rings is 1. The molecule has 3 atom stereocenters. The first-order valence-electron chi connectivity index (χ1n) is 11.3. The Morgan fingerprint density at radius 3 is 2.74 bits per heavy atom. The average molecular weight is 573 g/mol. The van der Waals surface area contributed by atoms with Gasteiger partial charge in [0.05, 0.1) is 23.5 Å². The molecule has 0 N–H and O–H groups in total. The Hall–Kier alpha value is -1.65. The second kappa shape index (κ2) is 9.78. The van der Waals surface area contributed by atoms with Crippen molar-refractivity contribution < 1.29 is 13.9 Å². The molecule has 11 heteroatoms. The van der Waals surface area contributed by atoms with E-state index in [1.807, 2.05) is 38.7 Å². The number of amides is 1. The zero-order valence-corrected chi connectivity index (χ0v) is 22.8. The molecule has 184 valence electrons. The van der Waals surface area contributed by atoms with Crippen LogP contribution in [-0.4, -0.2) is 62.0 Å². The van der Waals surface area contributed by atoms with E-state index in [1.165, 1.54) is 11.8 Å². The summed E-state index contributed by atoms with van der Waals surface area (Å²) in [5, 5.41) is 0.702. The van der Waals surface area contributed by atoms with Gasteiger partial charge in [0.15, 0.2) is 16.1 Å². The molecule has 2 aromatic rings. The molecule has 2 saturated heterocycles. The lowest BCUT2D eigenvalue weighted by Crippen LogP contribution is -2.62. The Bertz CT molecular complexity index is 1130. The topological polar surface area (TPSA) is 71.5 Å². The zero-order valence-electron chi connectivity index (χ0n) is 19.6. The molecule has 2 aliphatic rings. The fourth-order valence-corrected chi connectivity index (χ4v) is 6.19. The van der Waals surface area contributed by atoms with E-state index in [0.717, 1.165) is 18.6 Å². The quantitative estimate of drug-likeness (QED) is 0.182. The van der Waals surface area contributed by atoms with Gasteiger partial charge in [-0.25, -0.2) is 24.1 Å². The maximum Gasteiger partial charge on any atom is 0.410 e. The van der Waals surface area contributed by atoms with Crippen LogP contribution in [0.4, 0.5) is 15.0 Å². The monoisotopic (exact) mass is 571 g/mol. The molecule has 2 aliphatic heterocycles. The number of pyridine rings is 1. The lowest BCUT2D eigenvalue weighted by atomic mass is 9.99. The molecule has 34 heavy (non-hydrogen) atoms. The molecule has 0 radical (unpaired) electrons. The van der Waals surface area contributed by atoms with E-state index in [4.69, 9.17) is 21.3 Å². The predicted molar refractivity (Wildman–Crippen MR) is 137 cm³/mol. The van der Waals surface area contributed by atoms with Gasteiger partial charge in [0.1, 0.15) is 21.5 Å². The first-order chi connectivity index (χ1) is 16.1. The van der Waals surface area contributed by atoms with E-state index < -0.39 is 11.4 Å². The minimum atomic E-state index is -0.669. The number of fused-ring (bicyclic) bond motifs is 3. The zero-order chi connectivity index (χ0) is 24.8. The van der Waals surface area contributed by atoms with E-state index in [1.54, 1.807) is 0 Å². The van der Waals surface area contributed by atoms with Gasteiger partial charge in [-0.3, -0.25) is 4.90 Å². The van der Waals surface area contributed by atoms with Crippen LogP contribution in [0, 0.1) is 5.82 Å². The fraction of sp³-hybridized carbons (Fsp3) is 0.565. The van der Waals surface area contributed by atoms with Crippen molar-refractivity contribution in [1.82, 2.24) is 19.9 Å². The Morgan fingerprint density at radius 2 is 2.09 bits per heavy atom. The number of halogens is 3. The Morgan fingerprint density at radius 1 is 1.35 bits per heavy atom. The first kappa shape index (κ1) is 25.4. The van der Waals surface area contributed by atoms with Crippen LogP contribution in [0.15, 0.2) is 22.4 Å². The van der Waals surface area contributed by atoms with Crippen LogP contribution >= 0.6 is 39.3 Å². The standard InChI is InChI=1S/C23H28BrClFN5O2S/c1-6-8-13-14-10-9-12(31(14)22(32)33-23(3,4)5)11-30(13)20-15-17(27-21(29-20)34-7-2)16(26)19(25)28-18(15)24/h6,12-14H,1,7-11H2,2-5H3/t12-,13+,14+/m1/s1. The number of carbonyl (C=O) groups excluding carboxylic acids is 1. The Kier molecular flexibility index (Phi) is 7.32. The largest absolute Gasteiger partial charge is 0.444 e. The second-order valence-corrected chi connectivity index (χ2v) is 11.8. The smallest absolute Gasteiger partial charge is 0.410 e. The molecule has 7 nitrogen and oxygen atoms in total. The molecule has 0 spiro atoms. The Labute approximate surface area is 216 Å². The number of thioether (sulfide) groups is 1. The molecule has 0 unspecified atom stereocenters. The van der Waals surface area contributed by atoms with Crippen molar-refractivity contribution in [3.05, 3.63) is 28.2 Å². The molecule has 2 aromatic heterocycles. The van der Waals surface area contributed by atoms with Crippen LogP contribution in [0.2, 0.25) is 5.15 Å². The van der Waals surface area contributed by atoms with E-state index in [2.05, 4.69) is 37.4 Å². The summed E-state index contributed by atoms with van der Waals surface area (Å²) in [5.74, 6) is 0.654. The highest BCUT2D eigenvalue weighted by molar-refractivity contribution is 9.10. The third-order valence-electron chi connectivity index (χ3n) is 6.02. The summed E-state index contributed by atoms with van der Waals surface area (Å²) < 4.78 is 21.2. The third kappa shape index (κ3) is 4.73. The average Bonchev–Trinajstić information content (AvgIpc) is 3.08. The summed E-state index contributed by atoms with van der Waals surface area (Å²) in [6.07, 6.45) is 3.87. The first-order valence-corrected chi connectivity index (χ1v) is 13.4. The minimum absolute atomic E-state index is 0.0444. The number of hydrogen-bond acceptors (Lipinski definition) is 7. The summed E-state index contributed by atoms with van der Waals surface area (Å²) in [4.78, 5) is 30.5. The molecule has 1 amide bonds. The van der Waals surface area contributed by atoms with Gasteiger partial charge in [0.2, 0.25) is 0 Å². The highest BCUT2D eigenvalue weighted by atomic mass is 79.9. The van der Waals surface area contributed by atoms with Crippen LogP contribution in [0.1, 0.15) is 47.0 Å². The molecule has 4 heterocycles. The summed E-state index contributed by atoms with van der Waals surface area (Å²) in [5.41, 5.74) is -0.448. The number of hydrogen-bond donors (Lipinski definition) is 0. The van der Waals surface area contributed by atoms with E-state index in [9.17, 15) is 4.79 Å². The number of ether oxygens (including phenoxy) is 1. The van der Waals surface area contributed by atoms with Crippen molar-refractivity contribution in [2.75, 3.05) is 17.2 Å². The van der Waals surface area contributed by atoms with Crippen molar-refractivity contribution in [1.29, 1.82) is 0 Å². The van der Waals surface area contributed by atoms with Gasteiger partial charge in [-0.1, -0.05) is 36.4 Å². The normalized spacial score (nSPS) is 22.4. The van der Waals surface area contributed by atoms with Crippen LogP contribution in [0.3, 0.4) is 0 Å². The van der Waals surface area contributed by atoms with Gasteiger partial charge in [0.25, 0.3) is 0 Å². The Balaban J connectivity index is 1.83. The van der Waals surface area contributed by atoms with Crippen LogP contribution in [0.5, 0.6) is 0 Å². The molecule has 0 aromatic carbocycles. The van der Waals surface area contributed by atoms with Gasteiger partial charge in [-0.2, -0.15) is 0 Å². The molecule has 2 fully saturated rings. The summed E-state index contributed by atoms with van der Waals surface area (Å²) in [6.45, 7) is 12.1. The van der Waals surface area contributed by atoms with E-state index in [0.29, 0.717) is 33.9 Å². The second-order valence-electron chi connectivity index (χ2n) is 9.42. The number of anilines is 1. The third-order valence-corrected chi connectivity index (χ3v) is 7.57. The van der Waals surface area contributed by atoms with Gasteiger partial charge in [-0.15, -0.1) is 6.58 Å². The van der Waals surface area contributed by atoms with Crippen molar-refractivity contribution in [3.63, 3.8) is 0 Å². The van der Waals surface area contributed by atoms with Gasteiger partial charge in [0, 0.05) is 6.54 Å². The van der Waals surface area contributed by atoms with Gasteiger partial charge >= 0.3 is 6.09 Å². The summed E-state index contributed by atoms with van der Waals surface area (Å²) in [6, 6.07) is -0.230. The molecule has 4 rings (SSSR count). The molecule has 0 saturated carbocycles. The predicted octanol–water partition coefficient (Wildman–Crippen LogP) is 6.22. The van der Waals surface area contributed by atoms with Crippen molar-refractivity contribution in [2.45, 2.75) is 75.8 Å². The summed E-state index contributed by atoms with van der Waals surface area (Å²) >= 11 is 10.9. The van der Waals surface area contributed by atoms with Crippen molar-refractivity contribution in [2.24, 2.45) is 0 Å². The van der Waals surface area contributed by atoms with Crippen molar-refractivity contribution >= 4 is 62.1 Å². The maximum atomic E-state index is 15.1. The van der Waals surface area contributed by atoms with Crippen LogP contribution in [-0.2, 0) is 4.74 Å². The fourth-order valence-electron chi connectivity index (χ4n) is 4.81. The van der Waals surface area contributed by atoms with E-state index in [-0.39, 0.29) is 34.9 Å². The number of carbonyl (C=O) groups is 1. The van der Waals surface area contributed by atoms with E-state index >= 15 is 4.39 Å².